The highest BCUT2D eigenvalue weighted by molar-refractivity contribution is 5.51. The second-order valence-corrected chi connectivity index (χ2v) is 3.40. The maximum Gasteiger partial charge on any atom is 0.210 e. The summed E-state index contributed by atoms with van der Waals surface area (Å²) in [5.41, 5.74) is 0. The SMILES string of the molecule is COc1ccc(Oc2c(O)cccc2O)cc1. The Morgan fingerprint density at radius 2 is 1.35 bits per heavy atom. The zero-order valence-corrected chi connectivity index (χ0v) is 9.25. The van der Waals surface area contributed by atoms with E-state index in [1.54, 1.807) is 31.4 Å². The molecule has 0 aromatic heterocycles. The molecule has 17 heavy (non-hydrogen) atoms. The lowest BCUT2D eigenvalue weighted by atomic mass is 10.3. The summed E-state index contributed by atoms with van der Waals surface area (Å²) < 4.78 is 10.4. The highest BCUT2D eigenvalue weighted by Crippen LogP contribution is 2.38. The fraction of sp³-hybridized carbons (Fsp3) is 0.0769. The van der Waals surface area contributed by atoms with Gasteiger partial charge in [0.25, 0.3) is 0 Å². The van der Waals surface area contributed by atoms with E-state index in [9.17, 15) is 10.2 Å². The maximum absolute atomic E-state index is 9.54. The van der Waals surface area contributed by atoms with E-state index >= 15 is 0 Å². The van der Waals surface area contributed by atoms with Gasteiger partial charge in [-0.1, -0.05) is 6.07 Å². The first-order valence-corrected chi connectivity index (χ1v) is 5.03. The molecule has 0 amide bonds. The van der Waals surface area contributed by atoms with Crippen LogP contribution in [0.1, 0.15) is 0 Å². The fourth-order valence-corrected chi connectivity index (χ4v) is 1.38. The molecule has 2 N–H and O–H groups in total. The average molecular weight is 232 g/mol. The van der Waals surface area contributed by atoms with Crippen LogP contribution in [-0.4, -0.2) is 17.3 Å². The summed E-state index contributed by atoms with van der Waals surface area (Å²) in [6.07, 6.45) is 0. The van der Waals surface area contributed by atoms with Gasteiger partial charge in [0.15, 0.2) is 11.5 Å². The number of aromatic hydroxyl groups is 2. The molecule has 88 valence electrons. The minimum atomic E-state index is -0.110. The van der Waals surface area contributed by atoms with Crippen LogP contribution < -0.4 is 9.47 Å². The van der Waals surface area contributed by atoms with E-state index in [2.05, 4.69) is 0 Å². The third kappa shape index (κ3) is 2.42. The number of benzene rings is 2. The summed E-state index contributed by atoms with van der Waals surface area (Å²) in [6, 6.07) is 11.2. The highest BCUT2D eigenvalue weighted by Gasteiger charge is 2.09. The Labute approximate surface area is 98.7 Å². The van der Waals surface area contributed by atoms with Crippen LogP contribution >= 0.6 is 0 Å². The molecule has 0 saturated heterocycles. The number of hydrogen-bond acceptors (Lipinski definition) is 4. The lowest BCUT2D eigenvalue weighted by molar-refractivity contribution is 0.375. The van der Waals surface area contributed by atoms with Crippen LogP contribution in [-0.2, 0) is 0 Å². The molecule has 0 fully saturated rings. The van der Waals surface area contributed by atoms with Crippen LogP contribution in [0.15, 0.2) is 42.5 Å². The molecule has 4 nitrogen and oxygen atoms in total. The van der Waals surface area contributed by atoms with Crippen molar-refractivity contribution in [3.8, 4) is 28.7 Å². The predicted molar refractivity (Wildman–Crippen MR) is 62.8 cm³/mol. The van der Waals surface area contributed by atoms with Gasteiger partial charge in [0.1, 0.15) is 11.5 Å². The summed E-state index contributed by atoms with van der Waals surface area (Å²) in [4.78, 5) is 0. The van der Waals surface area contributed by atoms with E-state index in [-0.39, 0.29) is 17.2 Å². The van der Waals surface area contributed by atoms with E-state index in [4.69, 9.17) is 9.47 Å². The third-order valence-electron chi connectivity index (χ3n) is 2.25. The number of hydrogen-bond donors (Lipinski definition) is 2. The first-order chi connectivity index (χ1) is 8.20. The van der Waals surface area contributed by atoms with Gasteiger partial charge in [-0.25, -0.2) is 0 Å². The van der Waals surface area contributed by atoms with Crippen molar-refractivity contribution in [2.75, 3.05) is 7.11 Å². The fourth-order valence-electron chi connectivity index (χ4n) is 1.38. The van der Waals surface area contributed by atoms with Crippen molar-refractivity contribution in [3.63, 3.8) is 0 Å². The van der Waals surface area contributed by atoms with Gasteiger partial charge in [-0.3, -0.25) is 0 Å². The lowest BCUT2D eigenvalue weighted by Gasteiger charge is -2.09. The van der Waals surface area contributed by atoms with Crippen LogP contribution in [0.4, 0.5) is 0 Å². The molecule has 0 bridgehead atoms. The molecule has 0 aliphatic rings. The number of phenolic OH excluding ortho intramolecular Hbond substituents is 2. The Bertz CT molecular complexity index is 485. The molecule has 2 rings (SSSR count). The Balaban J connectivity index is 2.25. The molecule has 4 heteroatoms. The summed E-state index contributed by atoms with van der Waals surface area (Å²) >= 11 is 0. The smallest absolute Gasteiger partial charge is 0.210 e. The van der Waals surface area contributed by atoms with Crippen LogP contribution in [0, 0.1) is 0 Å². The van der Waals surface area contributed by atoms with E-state index in [1.807, 2.05) is 0 Å². The number of para-hydroxylation sites is 1. The Morgan fingerprint density at radius 3 is 1.88 bits per heavy atom. The number of rotatable bonds is 3. The molecular weight excluding hydrogens is 220 g/mol. The van der Waals surface area contributed by atoms with Gasteiger partial charge >= 0.3 is 0 Å². The van der Waals surface area contributed by atoms with Crippen LogP contribution in [0.25, 0.3) is 0 Å². The Morgan fingerprint density at radius 1 is 0.824 bits per heavy atom. The Hall–Kier alpha value is -2.36. The molecule has 0 radical (unpaired) electrons. The summed E-state index contributed by atoms with van der Waals surface area (Å²) in [6.45, 7) is 0. The second kappa shape index (κ2) is 4.65. The number of phenols is 2. The molecule has 0 atom stereocenters. The average Bonchev–Trinajstić information content (AvgIpc) is 2.35. The van der Waals surface area contributed by atoms with Crippen LogP contribution in [0.5, 0.6) is 28.7 Å². The van der Waals surface area contributed by atoms with Gasteiger partial charge in [0, 0.05) is 0 Å². The lowest BCUT2D eigenvalue weighted by Crippen LogP contribution is -1.86. The van der Waals surface area contributed by atoms with Crippen LogP contribution in [0.3, 0.4) is 0 Å². The van der Waals surface area contributed by atoms with E-state index < -0.39 is 0 Å². The molecular formula is C13H12O4. The molecule has 2 aromatic carbocycles. The van der Waals surface area contributed by atoms with Crippen LogP contribution in [0.2, 0.25) is 0 Å². The second-order valence-electron chi connectivity index (χ2n) is 3.40. The number of ether oxygens (including phenoxy) is 2. The van der Waals surface area contributed by atoms with Gasteiger partial charge in [-0.2, -0.15) is 0 Å². The summed E-state index contributed by atoms with van der Waals surface area (Å²) in [5.74, 6) is 1.03. The van der Waals surface area contributed by atoms with Gasteiger partial charge in [0.2, 0.25) is 5.75 Å². The zero-order chi connectivity index (χ0) is 12.3. The van der Waals surface area contributed by atoms with Crippen molar-refractivity contribution in [1.82, 2.24) is 0 Å². The molecule has 0 spiro atoms. The minimum Gasteiger partial charge on any atom is -0.504 e. The topological polar surface area (TPSA) is 58.9 Å². The maximum atomic E-state index is 9.54. The monoisotopic (exact) mass is 232 g/mol. The van der Waals surface area contributed by atoms with E-state index in [0.717, 1.165) is 0 Å². The van der Waals surface area contributed by atoms with E-state index in [1.165, 1.54) is 18.2 Å². The van der Waals surface area contributed by atoms with E-state index in [0.29, 0.717) is 11.5 Å². The number of methoxy groups -OCH3 is 1. The van der Waals surface area contributed by atoms with Crippen molar-refractivity contribution in [3.05, 3.63) is 42.5 Å². The Kier molecular flexibility index (Phi) is 3.05. The predicted octanol–water partition coefficient (Wildman–Crippen LogP) is 2.90. The quantitative estimate of drug-likeness (QED) is 0.854. The molecule has 2 aromatic rings. The first kappa shape index (κ1) is 11.1. The molecule has 0 saturated carbocycles. The van der Waals surface area contributed by atoms with Crippen molar-refractivity contribution in [2.24, 2.45) is 0 Å². The summed E-state index contributed by atoms with van der Waals surface area (Å²) in [5, 5.41) is 19.1. The summed E-state index contributed by atoms with van der Waals surface area (Å²) in [7, 11) is 1.57. The van der Waals surface area contributed by atoms with Crippen molar-refractivity contribution in [2.45, 2.75) is 0 Å². The van der Waals surface area contributed by atoms with Gasteiger partial charge < -0.3 is 19.7 Å². The van der Waals surface area contributed by atoms with Gasteiger partial charge in [-0.05, 0) is 36.4 Å². The van der Waals surface area contributed by atoms with Crippen molar-refractivity contribution < 1.29 is 19.7 Å². The standard InChI is InChI=1S/C13H12O4/c1-16-9-5-7-10(8-6-9)17-13-11(14)3-2-4-12(13)15/h2-8,14-15H,1H3. The highest BCUT2D eigenvalue weighted by atomic mass is 16.5. The molecule has 0 heterocycles. The zero-order valence-electron chi connectivity index (χ0n) is 9.25. The molecule has 0 aliphatic carbocycles. The largest absolute Gasteiger partial charge is 0.504 e. The van der Waals surface area contributed by atoms with Crippen molar-refractivity contribution >= 4 is 0 Å². The minimum absolute atomic E-state index is 0.0395. The molecule has 0 aliphatic heterocycles. The third-order valence-corrected chi connectivity index (χ3v) is 2.25. The van der Waals surface area contributed by atoms with Gasteiger partial charge in [-0.15, -0.1) is 0 Å². The normalized spacial score (nSPS) is 9.94. The first-order valence-electron chi connectivity index (χ1n) is 5.03. The van der Waals surface area contributed by atoms with Crippen molar-refractivity contribution in [1.29, 1.82) is 0 Å². The molecule has 0 unspecified atom stereocenters. The van der Waals surface area contributed by atoms with Gasteiger partial charge in [0.05, 0.1) is 7.11 Å².